The minimum absolute atomic E-state index is 0.0416. The number of benzene rings is 3. The third kappa shape index (κ3) is 10.1. The summed E-state index contributed by atoms with van der Waals surface area (Å²) in [6, 6.07) is 20.5. The van der Waals surface area contributed by atoms with Crippen LogP contribution >= 0.6 is 0 Å². The quantitative estimate of drug-likeness (QED) is 0.0794. The molecule has 0 aliphatic carbocycles. The highest BCUT2D eigenvalue weighted by molar-refractivity contribution is 7.90. The molecule has 3 N–H and O–H groups in total. The predicted molar refractivity (Wildman–Crippen MR) is 259 cm³/mol. The molecule has 3 amide bonds. The van der Waals surface area contributed by atoms with E-state index in [0.717, 1.165) is 62.3 Å². The number of piperazine rings is 1. The van der Waals surface area contributed by atoms with Crippen molar-refractivity contribution < 1.29 is 36.7 Å². The van der Waals surface area contributed by atoms with Gasteiger partial charge >= 0.3 is 5.69 Å². The number of anilines is 1. The molecule has 1 atom stereocenters. The van der Waals surface area contributed by atoms with Crippen molar-refractivity contribution >= 4 is 66.5 Å². The molecular formula is C49H55FN10O8S. The number of amides is 3. The molecule has 3 aromatic carbocycles. The van der Waals surface area contributed by atoms with Gasteiger partial charge in [-0.3, -0.25) is 33.7 Å². The molecule has 2 saturated heterocycles. The number of aryl methyl sites for hydroxylation is 2. The molecule has 2 fully saturated rings. The fraction of sp³-hybridized carbons (Fsp3) is 0.388. The lowest BCUT2D eigenvalue weighted by Gasteiger charge is -2.36. The molecule has 4 aromatic heterocycles. The lowest BCUT2D eigenvalue weighted by molar-refractivity contribution is -0.135. The number of aromatic amines is 1. The molecule has 1 unspecified atom stereocenters. The van der Waals surface area contributed by atoms with Gasteiger partial charge in [-0.25, -0.2) is 31.5 Å². The fourth-order valence-corrected chi connectivity index (χ4v) is 10.2. The Balaban J connectivity index is 0.703. The topological polar surface area (TPSA) is 208 Å². The zero-order valence-corrected chi connectivity index (χ0v) is 39.6. The van der Waals surface area contributed by atoms with Crippen molar-refractivity contribution in [3.05, 3.63) is 112 Å². The Morgan fingerprint density at radius 2 is 1.68 bits per heavy atom. The number of hydrogen-bond donors (Lipinski definition) is 3. The summed E-state index contributed by atoms with van der Waals surface area (Å²) in [7, 11) is -2.01. The third-order valence-corrected chi connectivity index (χ3v) is 14.9. The van der Waals surface area contributed by atoms with Crippen LogP contribution in [0.2, 0.25) is 0 Å². The van der Waals surface area contributed by atoms with Gasteiger partial charge in [0.05, 0.1) is 64.9 Å². The smallest absolute Gasteiger partial charge is 0.329 e. The molecule has 69 heavy (non-hydrogen) atoms. The van der Waals surface area contributed by atoms with Crippen LogP contribution in [0.1, 0.15) is 60.9 Å². The predicted octanol–water partition coefficient (Wildman–Crippen LogP) is 4.65. The molecule has 2 aliphatic heterocycles. The minimum Gasteiger partial charge on any atom is -0.379 e. The van der Waals surface area contributed by atoms with Crippen molar-refractivity contribution in [3.8, 4) is 11.3 Å². The average Bonchev–Trinajstić information content (AvgIpc) is 4.02. The minimum atomic E-state index is -3.70. The van der Waals surface area contributed by atoms with E-state index in [4.69, 9.17) is 14.5 Å². The molecule has 0 spiro atoms. The first kappa shape index (κ1) is 47.3. The highest BCUT2D eigenvalue weighted by Crippen LogP contribution is 2.29. The normalized spacial score (nSPS) is 16.1. The number of nitrogens with one attached hydrogen (secondary N) is 3. The fourth-order valence-electron chi connectivity index (χ4n) is 9.04. The highest BCUT2D eigenvalue weighted by Gasteiger charge is 2.31. The molecule has 20 heteroatoms. The number of pyridine rings is 1. The van der Waals surface area contributed by atoms with Crippen molar-refractivity contribution in [1.82, 2.24) is 43.6 Å². The monoisotopic (exact) mass is 962 g/mol. The number of nitrogens with zero attached hydrogens (tertiary/aromatic N) is 7. The maximum atomic E-state index is 15.1. The lowest BCUT2D eigenvalue weighted by atomic mass is 10.1. The second kappa shape index (κ2) is 20.1. The van der Waals surface area contributed by atoms with Crippen LogP contribution in [0, 0.1) is 5.82 Å². The standard InChI is InChI=1S/C49H55FN10O8S/c1-31(2)69(65,66)59-30-37(36-8-4-5-9-40(36)59)47(62)51-29-44-52-39-12-11-38(53-46(39)54-44)33-26-34(50)28-35(27-33)58-18-16-57(17-19-58)20-22-68-24-23-67-21-6-7-32-10-13-41-43(25-32)56(3)49(64)60(41)42-14-15-45(61)55-48(42)63/h4-5,8-13,25-28,30-31,42H,6-7,14-24,29H2,1-3H3,(H,51,62)(H,52,53,54)(H,55,61,63). The molecule has 2 aliphatic rings. The Hall–Kier alpha value is -6.74. The summed E-state index contributed by atoms with van der Waals surface area (Å²) in [5.74, 6) is -1.13. The van der Waals surface area contributed by atoms with Crippen molar-refractivity contribution in [2.24, 2.45) is 7.05 Å². The van der Waals surface area contributed by atoms with E-state index >= 15 is 4.39 Å². The molecule has 0 bridgehead atoms. The number of H-pyrrole nitrogens is 1. The molecular weight excluding hydrogens is 908 g/mol. The van der Waals surface area contributed by atoms with Gasteiger partial charge in [-0.15, -0.1) is 0 Å². The van der Waals surface area contributed by atoms with Gasteiger partial charge in [-0.2, -0.15) is 0 Å². The number of ether oxygens (including phenoxy) is 2. The number of carbonyl (C=O) groups is 3. The number of imide groups is 1. The number of para-hydroxylation sites is 1. The van der Waals surface area contributed by atoms with Crippen molar-refractivity contribution in [2.75, 3.05) is 64.1 Å². The van der Waals surface area contributed by atoms with E-state index in [1.165, 1.54) is 26.9 Å². The van der Waals surface area contributed by atoms with Gasteiger partial charge in [0.1, 0.15) is 17.7 Å². The number of imidazole rings is 2. The molecule has 6 heterocycles. The molecule has 7 aromatic rings. The zero-order chi connectivity index (χ0) is 48.4. The van der Waals surface area contributed by atoms with Crippen molar-refractivity contribution in [3.63, 3.8) is 0 Å². The molecule has 9 rings (SSSR count). The van der Waals surface area contributed by atoms with Crippen molar-refractivity contribution in [1.29, 1.82) is 0 Å². The average molecular weight is 963 g/mol. The van der Waals surface area contributed by atoms with E-state index < -0.39 is 33.1 Å². The Labute approximate surface area is 397 Å². The summed E-state index contributed by atoms with van der Waals surface area (Å²) in [5.41, 5.74) is 5.83. The third-order valence-electron chi connectivity index (χ3n) is 12.9. The largest absolute Gasteiger partial charge is 0.379 e. The zero-order valence-electron chi connectivity index (χ0n) is 38.7. The molecule has 0 radical (unpaired) electrons. The summed E-state index contributed by atoms with van der Waals surface area (Å²) in [6.07, 6.45) is 3.40. The maximum Gasteiger partial charge on any atom is 0.329 e. The molecule has 0 saturated carbocycles. The number of carbonyl (C=O) groups excluding carboxylic acids is 3. The van der Waals surface area contributed by atoms with E-state index in [9.17, 15) is 27.6 Å². The van der Waals surface area contributed by atoms with E-state index in [1.807, 2.05) is 30.3 Å². The van der Waals surface area contributed by atoms with E-state index in [-0.39, 0.29) is 35.9 Å². The second-order valence-corrected chi connectivity index (χ2v) is 20.1. The van der Waals surface area contributed by atoms with Crippen LogP contribution in [0.15, 0.2) is 83.8 Å². The highest BCUT2D eigenvalue weighted by atomic mass is 32.2. The molecule has 18 nitrogen and oxygen atoms in total. The summed E-state index contributed by atoms with van der Waals surface area (Å²) in [5, 5.41) is 5.03. The van der Waals surface area contributed by atoms with Gasteiger partial charge in [-0.1, -0.05) is 24.3 Å². The van der Waals surface area contributed by atoms with Gasteiger partial charge in [0.25, 0.3) is 5.91 Å². The van der Waals surface area contributed by atoms with Crippen LogP contribution in [0.3, 0.4) is 0 Å². The van der Waals surface area contributed by atoms with Gasteiger partial charge < -0.3 is 24.7 Å². The first-order chi connectivity index (χ1) is 33.2. The number of hydrogen-bond acceptors (Lipinski definition) is 12. The Morgan fingerprint density at radius 3 is 2.46 bits per heavy atom. The van der Waals surface area contributed by atoms with E-state index in [0.29, 0.717) is 77.5 Å². The van der Waals surface area contributed by atoms with Gasteiger partial charge in [-0.05, 0) is 87.2 Å². The van der Waals surface area contributed by atoms with Crippen LogP contribution in [0.25, 0.3) is 44.4 Å². The van der Waals surface area contributed by atoms with Crippen LogP contribution in [0.4, 0.5) is 10.1 Å². The summed E-state index contributed by atoms with van der Waals surface area (Å²) < 4.78 is 57.1. The summed E-state index contributed by atoms with van der Waals surface area (Å²) in [6.45, 7) is 9.11. The van der Waals surface area contributed by atoms with Gasteiger partial charge in [0, 0.05) is 75.6 Å². The number of rotatable bonds is 18. The Kier molecular flexibility index (Phi) is 13.8. The van der Waals surface area contributed by atoms with Gasteiger partial charge in [0.15, 0.2) is 5.65 Å². The number of halogens is 1. The van der Waals surface area contributed by atoms with E-state index in [2.05, 4.69) is 30.4 Å². The Bertz CT molecular complexity index is 3240. The first-order valence-corrected chi connectivity index (χ1v) is 24.7. The number of fused-ring (bicyclic) bond motifs is 3. The summed E-state index contributed by atoms with van der Waals surface area (Å²) in [4.78, 5) is 67.6. The van der Waals surface area contributed by atoms with Crippen LogP contribution in [0.5, 0.6) is 0 Å². The number of aromatic nitrogens is 6. The maximum absolute atomic E-state index is 15.1. The van der Waals surface area contributed by atoms with E-state index in [1.54, 1.807) is 55.8 Å². The number of piperidine rings is 1. The SMILES string of the molecule is CC(C)S(=O)(=O)n1cc(C(=O)NCc2nc3nc(-c4cc(F)cc(N5CCN(CCOCCOCCCc6ccc7c(c6)n(C)c(=O)n7C6CCC(=O)NC6=O)CC5)c4)ccc3[nH]2)c2ccccc21. The van der Waals surface area contributed by atoms with Crippen LogP contribution in [-0.4, -0.2) is 123 Å². The second-order valence-electron chi connectivity index (χ2n) is 17.7. The molecule has 362 valence electrons. The van der Waals surface area contributed by atoms with Crippen LogP contribution < -0.4 is 21.2 Å². The summed E-state index contributed by atoms with van der Waals surface area (Å²) >= 11 is 0. The van der Waals surface area contributed by atoms with Crippen molar-refractivity contribution in [2.45, 2.75) is 57.4 Å². The lowest BCUT2D eigenvalue weighted by Crippen LogP contribution is -2.47. The van der Waals surface area contributed by atoms with Gasteiger partial charge in [0.2, 0.25) is 21.8 Å². The Morgan fingerprint density at radius 1 is 0.899 bits per heavy atom. The van der Waals surface area contributed by atoms with Crippen LogP contribution in [-0.2, 0) is 49.1 Å². The first-order valence-electron chi connectivity index (χ1n) is 23.2.